The van der Waals surface area contributed by atoms with E-state index in [4.69, 9.17) is 4.42 Å². The van der Waals surface area contributed by atoms with Gasteiger partial charge < -0.3 is 9.32 Å². The van der Waals surface area contributed by atoms with Crippen molar-refractivity contribution in [1.82, 2.24) is 9.21 Å². The Morgan fingerprint density at radius 2 is 1.70 bits per heavy atom. The summed E-state index contributed by atoms with van der Waals surface area (Å²) < 4.78 is 33.4. The monoisotopic (exact) mass is 426 g/mol. The Bertz CT molecular complexity index is 1130. The third-order valence-electron chi connectivity index (χ3n) is 5.51. The maximum Gasteiger partial charge on any atom is 0.289 e. The molecule has 1 aliphatic heterocycles. The van der Waals surface area contributed by atoms with E-state index in [2.05, 4.69) is 0 Å². The summed E-state index contributed by atoms with van der Waals surface area (Å²) in [5.41, 5.74) is 1.52. The zero-order valence-electron chi connectivity index (χ0n) is 17.1. The number of benzene rings is 2. The minimum atomic E-state index is -3.55. The molecule has 1 fully saturated rings. The number of furan rings is 1. The van der Waals surface area contributed by atoms with Crippen molar-refractivity contribution in [2.45, 2.75) is 37.1 Å². The van der Waals surface area contributed by atoms with Crippen LogP contribution in [0.3, 0.4) is 0 Å². The fraction of sp³-hybridized carbons (Fsp3) is 0.348. The van der Waals surface area contributed by atoms with Crippen LogP contribution < -0.4 is 0 Å². The van der Waals surface area contributed by atoms with Crippen LogP contribution in [-0.4, -0.2) is 43.7 Å². The zero-order valence-corrected chi connectivity index (χ0v) is 17.9. The number of amides is 1. The molecular weight excluding hydrogens is 400 g/mol. The topological polar surface area (TPSA) is 70.8 Å². The van der Waals surface area contributed by atoms with Gasteiger partial charge in [-0.15, -0.1) is 0 Å². The quantitative estimate of drug-likeness (QED) is 0.611. The Hall–Kier alpha value is -2.64. The van der Waals surface area contributed by atoms with Crippen LogP contribution in [0.15, 0.2) is 63.9 Å². The van der Waals surface area contributed by atoms with Gasteiger partial charge in [0.1, 0.15) is 5.58 Å². The SMILES string of the molecule is CN(Cc1ccccc1)C(=O)c1cc2cc(S(=O)(=O)N3CCCCCC3)ccc2o1. The maximum absolute atomic E-state index is 13.1. The van der Waals surface area contributed by atoms with E-state index >= 15 is 0 Å². The average molecular weight is 427 g/mol. The predicted molar refractivity (Wildman–Crippen MR) is 116 cm³/mol. The van der Waals surface area contributed by atoms with Crippen molar-refractivity contribution in [1.29, 1.82) is 0 Å². The van der Waals surface area contributed by atoms with Crippen LogP contribution in [0.4, 0.5) is 0 Å². The molecule has 3 aromatic rings. The lowest BCUT2D eigenvalue weighted by Gasteiger charge is -2.19. The molecule has 1 amide bonds. The molecule has 0 bridgehead atoms. The molecule has 1 aromatic heterocycles. The molecule has 0 unspecified atom stereocenters. The summed E-state index contributed by atoms with van der Waals surface area (Å²) in [5, 5.41) is 0.613. The molecule has 2 aromatic carbocycles. The first-order valence-corrected chi connectivity index (χ1v) is 11.7. The number of nitrogens with zero attached hydrogens (tertiary/aromatic N) is 2. The minimum Gasteiger partial charge on any atom is -0.451 e. The molecule has 0 radical (unpaired) electrons. The van der Waals surface area contributed by atoms with Crippen molar-refractivity contribution >= 4 is 26.9 Å². The van der Waals surface area contributed by atoms with E-state index in [0.717, 1.165) is 31.2 Å². The highest BCUT2D eigenvalue weighted by Gasteiger charge is 2.26. The van der Waals surface area contributed by atoms with E-state index in [0.29, 0.717) is 30.6 Å². The molecule has 30 heavy (non-hydrogen) atoms. The van der Waals surface area contributed by atoms with Gasteiger partial charge in [-0.3, -0.25) is 4.79 Å². The van der Waals surface area contributed by atoms with E-state index < -0.39 is 10.0 Å². The van der Waals surface area contributed by atoms with Gasteiger partial charge in [0.05, 0.1) is 4.90 Å². The lowest BCUT2D eigenvalue weighted by Crippen LogP contribution is -2.31. The molecule has 1 aliphatic rings. The summed E-state index contributed by atoms with van der Waals surface area (Å²) in [6.07, 6.45) is 3.91. The molecule has 0 atom stereocenters. The molecular formula is C23H26N2O4S. The van der Waals surface area contributed by atoms with Crippen LogP contribution >= 0.6 is 0 Å². The first-order chi connectivity index (χ1) is 14.4. The van der Waals surface area contributed by atoms with Gasteiger partial charge in [0.15, 0.2) is 5.76 Å². The van der Waals surface area contributed by atoms with Crippen molar-refractivity contribution < 1.29 is 17.6 Å². The molecule has 6 nitrogen and oxygen atoms in total. The Morgan fingerprint density at radius 1 is 1.00 bits per heavy atom. The van der Waals surface area contributed by atoms with Crippen molar-refractivity contribution in [3.8, 4) is 0 Å². The van der Waals surface area contributed by atoms with Crippen molar-refractivity contribution in [2.75, 3.05) is 20.1 Å². The minimum absolute atomic E-state index is 0.202. The Morgan fingerprint density at radius 3 is 2.40 bits per heavy atom. The highest BCUT2D eigenvalue weighted by atomic mass is 32.2. The van der Waals surface area contributed by atoms with E-state index in [9.17, 15) is 13.2 Å². The Kier molecular flexibility index (Phi) is 5.92. The molecule has 158 valence electrons. The first kappa shape index (κ1) is 20.6. The molecule has 0 N–H and O–H groups in total. The van der Waals surface area contributed by atoms with Gasteiger partial charge in [0.25, 0.3) is 5.91 Å². The number of fused-ring (bicyclic) bond motifs is 1. The van der Waals surface area contributed by atoms with Gasteiger partial charge in [-0.2, -0.15) is 4.31 Å². The van der Waals surface area contributed by atoms with E-state index in [1.165, 1.54) is 0 Å². The van der Waals surface area contributed by atoms with Gasteiger partial charge >= 0.3 is 0 Å². The molecule has 0 spiro atoms. The number of hydrogen-bond donors (Lipinski definition) is 0. The summed E-state index contributed by atoms with van der Waals surface area (Å²) in [5.74, 6) is -0.0419. The van der Waals surface area contributed by atoms with Gasteiger partial charge in [-0.05, 0) is 42.7 Å². The smallest absolute Gasteiger partial charge is 0.289 e. The first-order valence-electron chi connectivity index (χ1n) is 10.3. The number of sulfonamides is 1. The van der Waals surface area contributed by atoms with Gasteiger partial charge in [0, 0.05) is 32.1 Å². The number of carbonyl (C=O) groups is 1. The normalized spacial score (nSPS) is 15.8. The van der Waals surface area contributed by atoms with Gasteiger partial charge in [-0.1, -0.05) is 43.2 Å². The van der Waals surface area contributed by atoms with Crippen LogP contribution in [0.2, 0.25) is 0 Å². The molecule has 0 saturated carbocycles. The van der Waals surface area contributed by atoms with Gasteiger partial charge in [-0.25, -0.2) is 8.42 Å². The largest absolute Gasteiger partial charge is 0.451 e. The summed E-state index contributed by atoms with van der Waals surface area (Å²) in [6.45, 7) is 1.57. The highest BCUT2D eigenvalue weighted by molar-refractivity contribution is 7.89. The van der Waals surface area contributed by atoms with Crippen LogP contribution in [0.5, 0.6) is 0 Å². The number of hydrogen-bond acceptors (Lipinski definition) is 4. The molecule has 2 heterocycles. The summed E-state index contributed by atoms with van der Waals surface area (Å²) in [7, 11) is -1.83. The summed E-state index contributed by atoms with van der Waals surface area (Å²) in [4.78, 5) is 14.6. The zero-order chi connectivity index (χ0) is 21.1. The lowest BCUT2D eigenvalue weighted by molar-refractivity contribution is 0.0756. The van der Waals surface area contributed by atoms with E-state index in [1.54, 1.807) is 40.5 Å². The maximum atomic E-state index is 13.1. The van der Waals surface area contributed by atoms with Crippen molar-refractivity contribution in [2.24, 2.45) is 0 Å². The van der Waals surface area contributed by atoms with Crippen LogP contribution in [0.1, 0.15) is 41.8 Å². The average Bonchev–Trinajstić information content (AvgIpc) is 2.97. The van der Waals surface area contributed by atoms with E-state index in [-0.39, 0.29) is 16.6 Å². The summed E-state index contributed by atoms with van der Waals surface area (Å²) >= 11 is 0. The molecule has 4 rings (SSSR count). The van der Waals surface area contributed by atoms with Crippen molar-refractivity contribution in [3.05, 3.63) is 65.9 Å². The molecule has 0 aliphatic carbocycles. The van der Waals surface area contributed by atoms with Crippen LogP contribution in [0.25, 0.3) is 11.0 Å². The second-order valence-corrected chi connectivity index (χ2v) is 9.71. The van der Waals surface area contributed by atoms with E-state index in [1.807, 2.05) is 30.3 Å². The lowest BCUT2D eigenvalue weighted by atomic mass is 10.2. The fourth-order valence-electron chi connectivity index (χ4n) is 3.84. The van der Waals surface area contributed by atoms with Crippen LogP contribution in [0, 0.1) is 0 Å². The molecule has 1 saturated heterocycles. The Labute approximate surface area is 177 Å². The second-order valence-electron chi connectivity index (χ2n) is 7.78. The second kappa shape index (κ2) is 8.62. The number of rotatable bonds is 5. The van der Waals surface area contributed by atoms with Gasteiger partial charge in [0.2, 0.25) is 10.0 Å². The standard InChI is InChI=1S/C23H26N2O4S/c1-24(17-18-9-5-4-6-10-18)23(26)22-16-19-15-20(11-12-21(19)29-22)30(27,28)25-13-7-2-3-8-14-25/h4-6,9-12,15-16H,2-3,7-8,13-14,17H2,1H3. The predicted octanol–water partition coefficient (Wildman–Crippen LogP) is 4.27. The third kappa shape index (κ3) is 4.27. The molecule has 7 heteroatoms. The Balaban J connectivity index is 1.57. The van der Waals surface area contributed by atoms with Crippen molar-refractivity contribution in [3.63, 3.8) is 0 Å². The van der Waals surface area contributed by atoms with Crippen LogP contribution in [-0.2, 0) is 16.6 Å². The third-order valence-corrected chi connectivity index (χ3v) is 7.41. The summed E-state index contributed by atoms with van der Waals surface area (Å²) in [6, 6.07) is 16.1. The highest BCUT2D eigenvalue weighted by Crippen LogP contribution is 2.27. The number of carbonyl (C=O) groups excluding carboxylic acids is 1. The fourth-order valence-corrected chi connectivity index (χ4v) is 5.39.